The number of hydrogen-bond donors (Lipinski definition) is 0. The van der Waals surface area contributed by atoms with Gasteiger partial charge in [0.25, 0.3) is 0 Å². The molecular weight excluding hydrogens is 176 g/mol. The largest absolute Gasteiger partial charge is 0.324 e. The molecule has 76 valence electrons. The molecule has 0 spiro atoms. The van der Waals surface area contributed by atoms with Crippen molar-refractivity contribution in [3.63, 3.8) is 0 Å². The van der Waals surface area contributed by atoms with Crippen molar-refractivity contribution >= 4 is 5.78 Å². The Morgan fingerprint density at radius 1 is 1.36 bits per heavy atom. The second-order valence-electron chi connectivity index (χ2n) is 4.95. The summed E-state index contributed by atoms with van der Waals surface area (Å²) in [4.78, 5) is 15.8. The summed E-state index contributed by atoms with van der Waals surface area (Å²) < 4.78 is 2.08. The first kappa shape index (κ1) is 9.44. The number of ketones is 1. The van der Waals surface area contributed by atoms with Crippen LogP contribution in [0.2, 0.25) is 0 Å². The maximum atomic E-state index is 11.4. The van der Waals surface area contributed by atoms with Gasteiger partial charge in [-0.05, 0) is 6.42 Å². The van der Waals surface area contributed by atoms with E-state index in [0.717, 1.165) is 12.2 Å². The van der Waals surface area contributed by atoms with Gasteiger partial charge in [0.1, 0.15) is 5.82 Å². The van der Waals surface area contributed by atoms with E-state index in [9.17, 15) is 4.79 Å². The third-order valence-electron chi connectivity index (χ3n) is 2.60. The molecule has 0 atom stereocenters. The lowest BCUT2D eigenvalue weighted by atomic mass is 9.95. The van der Waals surface area contributed by atoms with Crippen LogP contribution in [0.4, 0.5) is 0 Å². The minimum atomic E-state index is 0.0237. The Bertz CT molecular complexity index is 371. The van der Waals surface area contributed by atoms with E-state index >= 15 is 0 Å². The topological polar surface area (TPSA) is 34.9 Å². The van der Waals surface area contributed by atoms with Gasteiger partial charge in [-0.25, -0.2) is 4.98 Å². The van der Waals surface area contributed by atoms with Crippen molar-refractivity contribution in [1.29, 1.82) is 0 Å². The fourth-order valence-corrected chi connectivity index (χ4v) is 1.91. The number of rotatable bonds is 0. The molecule has 0 amide bonds. The van der Waals surface area contributed by atoms with Gasteiger partial charge in [0, 0.05) is 23.7 Å². The van der Waals surface area contributed by atoms with Gasteiger partial charge in [-0.15, -0.1) is 0 Å². The summed E-state index contributed by atoms with van der Waals surface area (Å²) in [6.45, 7) is 6.90. The monoisotopic (exact) mass is 192 g/mol. The molecule has 1 aliphatic heterocycles. The first-order valence-electron chi connectivity index (χ1n) is 5.05. The Morgan fingerprint density at radius 2 is 2.07 bits per heavy atom. The molecule has 0 aromatic carbocycles. The summed E-state index contributed by atoms with van der Waals surface area (Å²) in [7, 11) is 0. The van der Waals surface area contributed by atoms with Crippen LogP contribution in [0.15, 0.2) is 6.20 Å². The van der Waals surface area contributed by atoms with Crippen LogP contribution in [-0.4, -0.2) is 15.3 Å². The molecule has 0 unspecified atom stereocenters. The first-order valence-corrected chi connectivity index (χ1v) is 5.05. The Balaban J connectivity index is 2.45. The zero-order chi connectivity index (χ0) is 10.3. The van der Waals surface area contributed by atoms with E-state index in [1.807, 2.05) is 6.20 Å². The zero-order valence-corrected chi connectivity index (χ0v) is 9.00. The van der Waals surface area contributed by atoms with E-state index in [2.05, 4.69) is 30.3 Å². The van der Waals surface area contributed by atoms with Gasteiger partial charge >= 0.3 is 0 Å². The number of carbonyl (C=O) groups is 1. The average Bonchev–Trinajstić information content (AvgIpc) is 2.45. The van der Waals surface area contributed by atoms with E-state index in [4.69, 9.17) is 0 Å². The number of Topliss-reactive ketones (excluding diaryl/α,β-unsaturated/α-hetero) is 1. The van der Waals surface area contributed by atoms with E-state index < -0.39 is 0 Å². The predicted molar refractivity (Wildman–Crippen MR) is 54.3 cm³/mol. The molecule has 0 N–H and O–H groups in total. The number of hydrogen-bond acceptors (Lipinski definition) is 2. The van der Waals surface area contributed by atoms with Crippen LogP contribution >= 0.6 is 0 Å². The molecule has 0 bridgehead atoms. The first-order chi connectivity index (χ1) is 6.48. The van der Waals surface area contributed by atoms with Crippen LogP contribution in [0.5, 0.6) is 0 Å². The molecule has 2 rings (SSSR count). The maximum Gasteiger partial charge on any atom is 0.152 e. The SMILES string of the molecule is CC(C)(C)c1ncc2n1CC(=O)CC2. The third-order valence-corrected chi connectivity index (χ3v) is 2.60. The molecular formula is C11H16N2O. The molecule has 3 heteroatoms. The number of imidazole rings is 1. The van der Waals surface area contributed by atoms with Crippen LogP contribution in [0.25, 0.3) is 0 Å². The molecule has 0 radical (unpaired) electrons. The van der Waals surface area contributed by atoms with Crippen molar-refractivity contribution in [2.45, 2.75) is 45.6 Å². The zero-order valence-electron chi connectivity index (χ0n) is 9.00. The van der Waals surface area contributed by atoms with Crippen molar-refractivity contribution in [3.8, 4) is 0 Å². The van der Waals surface area contributed by atoms with E-state index in [0.29, 0.717) is 18.7 Å². The van der Waals surface area contributed by atoms with Crippen LogP contribution in [0.3, 0.4) is 0 Å². The van der Waals surface area contributed by atoms with Crippen LogP contribution < -0.4 is 0 Å². The fourth-order valence-electron chi connectivity index (χ4n) is 1.91. The number of nitrogens with zero attached hydrogens (tertiary/aromatic N) is 2. The lowest BCUT2D eigenvalue weighted by molar-refractivity contribution is -0.120. The summed E-state index contributed by atoms with van der Waals surface area (Å²) in [6.07, 6.45) is 3.43. The van der Waals surface area contributed by atoms with Gasteiger partial charge in [0.15, 0.2) is 5.78 Å². The van der Waals surface area contributed by atoms with Gasteiger partial charge in [-0.3, -0.25) is 4.79 Å². The summed E-state index contributed by atoms with van der Waals surface area (Å²) >= 11 is 0. The number of carbonyl (C=O) groups excluding carboxylic acids is 1. The molecule has 3 nitrogen and oxygen atoms in total. The molecule has 14 heavy (non-hydrogen) atoms. The predicted octanol–water partition coefficient (Wildman–Crippen LogP) is 1.70. The van der Waals surface area contributed by atoms with E-state index in [1.165, 1.54) is 5.69 Å². The molecule has 1 aromatic rings. The van der Waals surface area contributed by atoms with Gasteiger partial charge in [0.05, 0.1) is 6.54 Å². The summed E-state index contributed by atoms with van der Waals surface area (Å²) in [5, 5.41) is 0. The Hall–Kier alpha value is -1.12. The fraction of sp³-hybridized carbons (Fsp3) is 0.636. The lowest BCUT2D eigenvalue weighted by Crippen LogP contribution is -2.26. The highest BCUT2D eigenvalue weighted by Crippen LogP contribution is 2.24. The number of aromatic nitrogens is 2. The Labute approximate surface area is 84.1 Å². The molecule has 0 saturated carbocycles. The molecule has 1 aliphatic rings. The van der Waals surface area contributed by atoms with Gasteiger partial charge in [0.2, 0.25) is 0 Å². The van der Waals surface area contributed by atoms with Gasteiger partial charge < -0.3 is 4.57 Å². The Morgan fingerprint density at radius 3 is 2.71 bits per heavy atom. The van der Waals surface area contributed by atoms with Crippen molar-refractivity contribution in [2.75, 3.05) is 0 Å². The summed E-state index contributed by atoms with van der Waals surface area (Å²) in [5.41, 5.74) is 1.23. The van der Waals surface area contributed by atoms with Crippen LogP contribution in [0.1, 0.15) is 38.7 Å². The van der Waals surface area contributed by atoms with Crippen molar-refractivity contribution in [2.24, 2.45) is 0 Å². The summed E-state index contributed by atoms with van der Waals surface area (Å²) in [5.74, 6) is 1.35. The maximum absolute atomic E-state index is 11.4. The van der Waals surface area contributed by atoms with Crippen molar-refractivity contribution in [3.05, 3.63) is 17.7 Å². The minimum absolute atomic E-state index is 0.0237. The molecule has 0 aliphatic carbocycles. The van der Waals surface area contributed by atoms with Gasteiger partial charge in [-0.1, -0.05) is 20.8 Å². The average molecular weight is 192 g/mol. The van der Waals surface area contributed by atoms with Crippen LogP contribution in [-0.2, 0) is 23.2 Å². The summed E-state index contributed by atoms with van der Waals surface area (Å²) in [6, 6.07) is 0. The normalized spacial score (nSPS) is 16.9. The highest BCUT2D eigenvalue weighted by molar-refractivity contribution is 5.79. The lowest BCUT2D eigenvalue weighted by Gasteiger charge is -2.22. The number of fused-ring (bicyclic) bond motifs is 1. The van der Waals surface area contributed by atoms with Crippen LogP contribution in [0, 0.1) is 0 Å². The second kappa shape index (κ2) is 2.94. The Kier molecular flexibility index (Phi) is 1.98. The second-order valence-corrected chi connectivity index (χ2v) is 4.95. The van der Waals surface area contributed by atoms with Crippen molar-refractivity contribution < 1.29 is 4.79 Å². The quantitative estimate of drug-likeness (QED) is 0.627. The standard InChI is InChI=1S/C11H16N2O/c1-11(2,3)10-12-6-8-4-5-9(14)7-13(8)10/h6H,4-5,7H2,1-3H3. The highest BCUT2D eigenvalue weighted by Gasteiger charge is 2.25. The third kappa shape index (κ3) is 1.47. The molecule has 0 saturated heterocycles. The smallest absolute Gasteiger partial charge is 0.152 e. The van der Waals surface area contributed by atoms with Gasteiger partial charge in [-0.2, -0.15) is 0 Å². The number of aryl methyl sites for hydroxylation is 1. The molecule has 2 heterocycles. The molecule has 0 fully saturated rings. The molecule has 1 aromatic heterocycles. The van der Waals surface area contributed by atoms with E-state index in [1.54, 1.807) is 0 Å². The minimum Gasteiger partial charge on any atom is -0.324 e. The van der Waals surface area contributed by atoms with Crippen molar-refractivity contribution in [1.82, 2.24) is 9.55 Å². The van der Waals surface area contributed by atoms with E-state index in [-0.39, 0.29) is 5.41 Å². The highest BCUT2D eigenvalue weighted by atomic mass is 16.1.